The summed E-state index contributed by atoms with van der Waals surface area (Å²) in [5, 5.41) is 0. The van der Waals surface area contributed by atoms with Crippen LogP contribution in [0.3, 0.4) is 0 Å². The van der Waals surface area contributed by atoms with Crippen molar-refractivity contribution in [2.75, 3.05) is 0 Å². The summed E-state index contributed by atoms with van der Waals surface area (Å²) in [4.78, 5) is 7.14. The van der Waals surface area contributed by atoms with Crippen LogP contribution in [0.2, 0.25) is 0 Å². The molecule has 0 spiro atoms. The Labute approximate surface area is 458 Å². The molecule has 13 fully saturated rings. The molecule has 0 aliphatic heterocycles. The molecule has 0 heterocycles. The van der Waals surface area contributed by atoms with Gasteiger partial charge in [0.1, 0.15) is 0 Å². The van der Waals surface area contributed by atoms with E-state index in [2.05, 4.69) is 61.8 Å². The minimum atomic E-state index is 0.856. The Morgan fingerprint density at radius 1 is 0.216 bits per heavy atom. The zero-order valence-corrected chi connectivity index (χ0v) is 49.1. The minimum Gasteiger partial charge on any atom is -0.294 e. The zero-order valence-electron chi connectivity index (χ0n) is 49.1. The molecule has 74 heavy (non-hydrogen) atoms. The number of hydrogen-bond acceptors (Lipinski definition) is 2. The first-order valence-electron chi connectivity index (χ1n) is 35.3. The fraction of sp³-hybridized carbons (Fsp3) is 0.944. The van der Waals surface area contributed by atoms with Gasteiger partial charge in [-0.1, -0.05) is 116 Å². The molecule has 13 aliphatic carbocycles. The molecule has 14 unspecified atom stereocenters. The van der Waals surface area contributed by atoms with Crippen LogP contribution in [0.4, 0.5) is 0 Å². The summed E-state index contributed by atoms with van der Waals surface area (Å²) < 4.78 is 0. The summed E-state index contributed by atoms with van der Waals surface area (Å²) in [7, 11) is 0. The first-order chi connectivity index (χ1) is 36.3. The van der Waals surface area contributed by atoms with Gasteiger partial charge >= 0.3 is 0 Å². The Hall–Kier alpha value is -0.600. The van der Waals surface area contributed by atoms with Crippen LogP contribution in [0.15, 0.2) is 24.3 Å². The largest absolute Gasteiger partial charge is 0.294 e. The van der Waals surface area contributed by atoms with Crippen molar-refractivity contribution in [2.24, 2.45) is 118 Å². The fourth-order valence-electron chi connectivity index (χ4n) is 24.3. The Morgan fingerprint density at radius 2 is 0.446 bits per heavy atom. The molecular formula is C72H118N2. The highest BCUT2D eigenvalue weighted by atomic mass is 15.2. The van der Waals surface area contributed by atoms with Crippen LogP contribution in [-0.2, 0) is 0 Å². The topological polar surface area (TPSA) is 6.48 Å². The average Bonchev–Trinajstić information content (AvgIpc) is 3.46. The van der Waals surface area contributed by atoms with Crippen molar-refractivity contribution < 1.29 is 0 Å². The summed E-state index contributed by atoms with van der Waals surface area (Å²) in [5.74, 6) is 19.8. The molecule has 416 valence electrons. The third kappa shape index (κ3) is 10.5. The van der Waals surface area contributed by atoms with Gasteiger partial charge in [-0.25, -0.2) is 0 Å². The van der Waals surface area contributed by atoms with Crippen molar-refractivity contribution in [2.45, 2.75) is 308 Å². The molecule has 0 bridgehead atoms. The molecule has 13 rings (SSSR count). The monoisotopic (exact) mass is 1010 g/mol. The molecule has 13 saturated carbocycles. The van der Waals surface area contributed by atoms with E-state index < -0.39 is 0 Å². The number of fused-ring (bicyclic) bond motifs is 6. The Bertz CT molecular complexity index is 1680. The molecule has 0 amide bonds. The minimum absolute atomic E-state index is 0.856. The van der Waals surface area contributed by atoms with E-state index >= 15 is 0 Å². The van der Waals surface area contributed by atoms with E-state index in [1.54, 1.807) is 89.9 Å². The number of hydrogen-bond donors (Lipinski definition) is 0. The summed E-state index contributed by atoms with van der Waals surface area (Å²) >= 11 is 0. The quantitative estimate of drug-likeness (QED) is 0.201. The van der Waals surface area contributed by atoms with E-state index in [9.17, 15) is 0 Å². The van der Waals surface area contributed by atoms with Crippen LogP contribution >= 0.6 is 0 Å². The van der Waals surface area contributed by atoms with Crippen LogP contribution in [0.5, 0.6) is 0 Å². The molecule has 2 nitrogen and oxygen atoms in total. The summed E-state index contributed by atoms with van der Waals surface area (Å²) in [6.45, 7) is 10.2. The van der Waals surface area contributed by atoms with E-state index in [-0.39, 0.29) is 0 Å². The summed E-state index contributed by atoms with van der Waals surface area (Å²) in [5.41, 5.74) is 0. The SMILES string of the molecule is CC1CCC(/C=C/C2CCC(N(C3CCC(C)CC3)C3C4CCCCC4C4C5CCCC6C5C(C5CCCCC5C6N(C5CCC(C)CC5)C5CCC(/C=C/C6CCC(C)CC6)CC5)C5CCCC3C54)CC2)CC1. The first kappa shape index (κ1) is 52.8. The van der Waals surface area contributed by atoms with Gasteiger partial charge in [-0.05, 0) is 298 Å². The summed E-state index contributed by atoms with van der Waals surface area (Å²) in [6, 6.07) is 5.33. The third-order valence-electron chi connectivity index (χ3n) is 27.8. The van der Waals surface area contributed by atoms with E-state index in [4.69, 9.17) is 0 Å². The highest BCUT2D eigenvalue weighted by Crippen LogP contribution is 2.72. The average molecular weight is 1010 g/mol. The van der Waals surface area contributed by atoms with Crippen LogP contribution in [0.1, 0.15) is 272 Å². The lowest BCUT2D eigenvalue weighted by Crippen LogP contribution is -2.71. The van der Waals surface area contributed by atoms with Crippen molar-refractivity contribution >= 4 is 0 Å². The molecule has 0 aromatic rings. The van der Waals surface area contributed by atoms with Crippen molar-refractivity contribution in [1.82, 2.24) is 9.80 Å². The lowest BCUT2D eigenvalue weighted by molar-refractivity contribution is -0.240. The van der Waals surface area contributed by atoms with Crippen molar-refractivity contribution in [3.8, 4) is 0 Å². The maximum atomic E-state index is 3.57. The van der Waals surface area contributed by atoms with Gasteiger partial charge in [-0.15, -0.1) is 0 Å². The van der Waals surface area contributed by atoms with Crippen LogP contribution in [-0.4, -0.2) is 46.1 Å². The number of rotatable bonds is 10. The highest BCUT2D eigenvalue weighted by molar-refractivity contribution is 5.18. The van der Waals surface area contributed by atoms with Gasteiger partial charge in [0.2, 0.25) is 0 Å². The van der Waals surface area contributed by atoms with Crippen molar-refractivity contribution in [3.05, 3.63) is 24.3 Å². The van der Waals surface area contributed by atoms with Gasteiger partial charge in [-0.2, -0.15) is 0 Å². The maximum Gasteiger partial charge on any atom is 0.0163 e. The number of nitrogens with zero attached hydrogens (tertiary/aromatic N) is 2. The smallest absolute Gasteiger partial charge is 0.0163 e. The highest BCUT2D eigenvalue weighted by Gasteiger charge is 2.68. The standard InChI is InChI=1S/C72H118N2/c1-47-19-27-51(28-20-47)31-33-53-35-43-57(44-36-53)73(55-39-23-49(3)24-40-55)71-61-13-7-5-11-59(61)67-64-16-10-18-66-70(64)68(63-15-9-17-65(71)69(63)67)60-12-6-8-14-62(60)72(66)74(56-41-25-50(4)26-42-56)58-45-37-54(38-46-58)34-32-52-29-21-48(2)22-30-52/h31-34,47-72H,5-30,35-46H2,1-4H3/b33-31+,34-32+. The Morgan fingerprint density at radius 3 is 0.770 bits per heavy atom. The second kappa shape index (κ2) is 23.5. The lowest BCUT2D eigenvalue weighted by atomic mass is 9.35. The van der Waals surface area contributed by atoms with Gasteiger partial charge in [-0.3, -0.25) is 9.80 Å². The molecule has 0 radical (unpaired) electrons. The zero-order chi connectivity index (χ0) is 49.9. The number of allylic oxidation sites excluding steroid dienone is 4. The molecule has 14 atom stereocenters. The second-order valence-electron chi connectivity index (χ2n) is 31.7. The van der Waals surface area contributed by atoms with E-state index in [0.717, 1.165) is 155 Å². The lowest BCUT2D eigenvalue weighted by Gasteiger charge is -2.72. The van der Waals surface area contributed by atoms with Crippen LogP contribution in [0.25, 0.3) is 0 Å². The molecular weight excluding hydrogens is 893 g/mol. The van der Waals surface area contributed by atoms with Gasteiger partial charge in [0.15, 0.2) is 0 Å². The molecule has 13 aliphatic rings. The normalized spacial score (nSPS) is 52.0. The maximum absolute atomic E-state index is 3.57. The van der Waals surface area contributed by atoms with Crippen LogP contribution in [0, 0.1) is 118 Å². The fourth-order valence-corrected chi connectivity index (χ4v) is 24.3. The van der Waals surface area contributed by atoms with E-state index in [1.165, 1.54) is 154 Å². The van der Waals surface area contributed by atoms with Gasteiger partial charge in [0.05, 0.1) is 0 Å². The van der Waals surface area contributed by atoms with Crippen molar-refractivity contribution in [3.63, 3.8) is 0 Å². The van der Waals surface area contributed by atoms with Crippen LogP contribution < -0.4 is 0 Å². The first-order valence-corrected chi connectivity index (χ1v) is 35.3. The second-order valence-corrected chi connectivity index (χ2v) is 31.7. The summed E-state index contributed by atoms with van der Waals surface area (Å²) in [6.07, 6.45) is 69.2. The van der Waals surface area contributed by atoms with E-state index in [0.29, 0.717) is 0 Å². The predicted molar refractivity (Wildman–Crippen MR) is 313 cm³/mol. The Balaban J connectivity index is 0.803. The molecule has 0 N–H and O–H groups in total. The van der Waals surface area contributed by atoms with E-state index in [1.807, 2.05) is 0 Å². The predicted octanol–water partition coefficient (Wildman–Crippen LogP) is 19.3. The molecule has 0 aromatic heterocycles. The molecule has 0 saturated heterocycles. The molecule has 2 heteroatoms. The molecule has 0 aromatic carbocycles. The third-order valence-corrected chi connectivity index (χ3v) is 27.8. The van der Waals surface area contributed by atoms with Gasteiger partial charge in [0.25, 0.3) is 0 Å². The van der Waals surface area contributed by atoms with Gasteiger partial charge in [0, 0.05) is 36.3 Å². The van der Waals surface area contributed by atoms with Gasteiger partial charge < -0.3 is 0 Å². The Kier molecular flexibility index (Phi) is 16.7. The van der Waals surface area contributed by atoms with Crippen molar-refractivity contribution in [1.29, 1.82) is 0 Å².